The number of rotatable bonds is 1. The van der Waals surface area contributed by atoms with Crippen molar-refractivity contribution in [2.45, 2.75) is 0 Å². The molecule has 0 saturated carbocycles. The Balaban J connectivity index is 3.85. The summed E-state index contributed by atoms with van der Waals surface area (Å²) in [5.74, 6) is 0. The molecule has 2 N–H and O–H groups in total. The SMILES string of the molecule is [2H]O[Se](=O)(=O)O. The van der Waals surface area contributed by atoms with Crippen LogP contribution in [0.3, 0.4) is 0 Å². The van der Waals surface area contributed by atoms with Crippen LogP contribution in [0.25, 0.3) is 0 Å². The van der Waals surface area contributed by atoms with E-state index in [4.69, 9.17) is 5.62 Å². The van der Waals surface area contributed by atoms with E-state index < -0.39 is 13.4 Å². The van der Waals surface area contributed by atoms with E-state index in [9.17, 15) is 7.67 Å². The maximum atomic E-state index is 9.22. The minimum atomic E-state index is -5.11. The monoisotopic (exact) mass is 147 g/mol. The first kappa shape index (κ1) is 3.24. The van der Waals surface area contributed by atoms with Crippen LogP contribution in [0.2, 0.25) is 0 Å². The van der Waals surface area contributed by atoms with Crippen molar-refractivity contribution in [1.82, 2.24) is 0 Å². The molecule has 0 aromatic heterocycles. The topological polar surface area (TPSA) is 74.6 Å². The molecule has 0 aromatic rings. The van der Waals surface area contributed by atoms with Gasteiger partial charge in [0.15, 0.2) is 0 Å². The van der Waals surface area contributed by atoms with Crippen LogP contribution in [0.1, 0.15) is 0 Å². The van der Waals surface area contributed by atoms with Gasteiger partial charge in [-0.2, -0.15) is 0 Å². The first-order valence-corrected chi connectivity index (χ1v) is 3.55. The van der Waals surface area contributed by atoms with Gasteiger partial charge in [-0.25, -0.2) is 0 Å². The first-order valence-electron chi connectivity index (χ1n) is 1.09. The molecule has 0 fully saturated rings. The van der Waals surface area contributed by atoms with Crippen LogP contribution in [0.15, 0.2) is 0 Å². The molecule has 0 rings (SSSR count). The molecule has 0 amide bonds. The summed E-state index contributed by atoms with van der Waals surface area (Å²) in [4.78, 5) is 0. The molecule has 0 radical (unpaired) electrons. The summed E-state index contributed by atoms with van der Waals surface area (Å²) in [5, 5.41) is 0. The predicted molar refractivity (Wildman–Crippen MR) is 11.6 cm³/mol. The third-order valence-electron chi connectivity index (χ3n) is 0. The molecule has 0 atom stereocenters. The second-order valence-electron chi connectivity index (χ2n) is 0.428. The molecular weight excluding hydrogens is 143 g/mol. The van der Waals surface area contributed by atoms with E-state index in [0.29, 0.717) is 0 Å². The fourth-order valence-corrected chi connectivity index (χ4v) is 0. The molecule has 5 heteroatoms. The Morgan fingerprint density at radius 2 is 2.00 bits per heavy atom. The van der Waals surface area contributed by atoms with Crippen LogP contribution in [0, 0.1) is 0 Å². The van der Waals surface area contributed by atoms with Crippen molar-refractivity contribution in [3.05, 3.63) is 0 Å². The molecule has 0 aliphatic carbocycles. The van der Waals surface area contributed by atoms with Crippen molar-refractivity contribution in [3.63, 3.8) is 0 Å². The Bertz CT molecular complexity index is 110. The van der Waals surface area contributed by atoms with Crippen LogP contribution < -0.4 is 0 Å². The molecule has 0 aliphatic rings. The van der Waals surface area contributed by atoms with Crippen molar-refractivity contribution < 1.29 is 16.0 Å². The van der Waals surface area contributed by atoms with Gasteiger partial charge in [-0.15, -0.1) is 0 Å². The summed E-state index contributed by atoms with van der Waals surface area (Å²) < 4.78 is 34.2. The van der Waals surface area contributed by atoms with Gasteiger partial charge in [-0.3, -0.25) is 0 Å². The fourth-order valence-electron chi connectivity index (χ4n) is 0. The standard InChI is InChI=1S/H2O4Se/c1-5(2,3)4/h(H2,1,2,3,4)/i/hD. The summed E-state index contributed by atoms with van der Waals surface area (Å²) in [6.45, 7) is 0. The van der Waals surface area contributed by atoms with E-state index in [1.165, 1.54) is 0 Å². The van der Waals surface area contributed by atoms with Gasteiger partial charge in [-0.05, 0) is 0 Å². The molecule has 0 aromatic carbocycles. The summed E-state index contributed by atoms with van der Waals surface area (Å²) in [5.41, 5.74) is 0. The van der Waals surface area contributed by atoms with E-state index in [1.54, 1.807) is 0 Å². The van der Waals surface area contributed by atoms with Crippen LogP contribution in [-0.4, -0.2) is 23.2 Å². The predicted octanol–water partition coefficient (Wildman–Crippen LogP) is -1.73. The van der Waals surface area contributed by atoms with Gasteiger partial charge in [0.1, 0.15) is 0 Å². The zero-order valence-electron chi connectivity index (χ0n) is 3.08. The van der Waals surface area contributed by atoms with E-state index in [-0.39, 0.29) is 0 Å². The maximum absolute atomic E-state index is 9.22. The quantitative estimate of drug-likeness (QED) is 0.431. The molecule has 0 bridgehead atoms. The van der Waals surface area contributed by atoms with Crippen molar-refractivity contribution in [3.8, 4) is 0 Å². The summed E-state index contributed by atoms with van der Waals surface area (Å²) >= 11 is -5.11. The van der Waals surface area contributed by atoms with Gasteiger partial charge in [0, 0.05) is 0 Å². The van der Waals surface area contributed by atoms with Crippen LogP contribution in [-0.2, 0) is 7.67 Å². The van der Waals surface area contributed by atoms with Gasteiger partial charge < -0.3 is 0 Å². The zero-order valence-corrected chi connectivity index (χ0v) is 3.79. The van der Waals surface area contributed by atoms with Gasteiger partial charge >= 0.3 is 30.8 Å². The molecule has 4 nitrogen and oxygen atoms in total. The van der Waals surface area contributed by atoms with Crippen LogP contribution in [0.5, 0.6) is 0 Å². The molecule has 0 spiro atoms. The molecule has 0 heterocycles. The first-order chi connectivity index (χ1) is 2.56. The Morgan fingerprint density at radius 1 is 1.80 bits per heavy atom. The number of hydrogen-bond acceptors (Lipinski definition) is 3. The summed E-state index contributed by atoms with van der Waals surface area (Å²) in [7, 11) is 0. The Hall–Kier alpha value is 0.0395. The fraction of sp³-hybridized carbons (Fsp3) is 0. The number of hydrogen-bond donors (Lipinski definition) is 2. The van der Waals surface area contributed by atoms with Gasteiger partial charge in [0.2, 0.25) is 0 Å². The van der Waals surface area contributed by atoms with E-state index in [2.05, 4.69) is 4.19 Å². The second-order valence-corrected chi connectivity index (χ2v) is 2.22. The Morgan fingerprint density at radius 3 is 2.00 bits per heavy atom. The third kappa shape index (κ3) is 10800. The summed E-state index contributed by atoms with van der Waals surface area (Å²) in [6.07, 6.45) is 0. The average Bonchev–Trinajstić information content (AvgIpc) is 1.35. The van der Waals surface area contributed by atoms with Gasteiger partial charge in [-0.1, -0.05) is 0 Å². The second kappa shape index (κ2) is 1.02. The zero-order chi connectivity index (χ0) is 5.21. The normalized spacial score (nSPS) is 14.2. The Labute approximate surface area is 31.8 Å². The van der Waals surface area contributed by atoms with Gasteiger partial charge in [0.25, 0.3) is 0 Å². The summed E-state index contributed by atoms with van der Waals surface area (Å²) in [6, 6.07) is 0. The molecule has 0 saturated heterocycles. The Kier molecular flexibility index (Phi) is 0.663. The molecule has 0 aliphatic heterocycles. The van der Waals surface area contributed by atoms with Crippen molar-refractivity contribution in [2.24, 2.45) is 0 Å². The van der Waals surface area contributed by atoms with Crippen LogP contribution in [0.4, 0.5) is 0 Å². The van der Waals surface area contributed by atoms with E-state index >= 15 is 0 Å². The average molecular weight is 146 g/mol. The van der Waals surface area contributed by atoms with E-state index in [0.717, 1.165) is 0 Å². The van der Waals surface area contributed by atoms with Crippen molar-refractivity contribution in [1.29, 1.82) is 1.43 Å². The molecular formula is H2O4Se. The molecule has 0 unspecified atom stereocenters. The molecule has 5 heavy (non-hydrogen) atoms. The van der Waals surface area contributed by atoms with Gasteiger partial charge in [0.05, 0.1) is 0 Å². The van der Waals surface area contributed by atoms with E-state index in [1.807, 2.05) is 0 Å². The third-order valence-corrected chi connectivity index (χ3v) is 0. The van der Waals surface area contributed by atoms with Crippen molar-refractivity contribution >= 4 is 13.4 Å². The molecule has 32 valence electrons. The van der Waals surface area contributed by atoms with Crippen molar-refractivity contribution in [2.75, 3.05) is 0 Å². The minimum absolute atomic E-state index is 2.79. The van der Waals surface area contributed by atoms with Crippen LogP contribution >= 0.6 is 0 Å².